The van der Waals surface area contributed by atoms with Gasteiger partial charge in [0.2, 0.25) is 5.91 Å². The fraction of sp³-hybridized carbons (Fsp3) is 0.923. The van der Waals surface area contributed by atoms with E-state index in [0.717, 1.165) is 13.2 Å². The lowest BCUT2D eigenvalue weighted by Gasteiger charge is -2.39. The highest BCUT2D eigenvalue weighted by atomic mass is 35.5. The Kier molecular flexibility index (Phi) is 4.51. The van der Waals surface area contributed by atoms with Crippen molar-refractivity contribution in [2.45, 2.75) is 63.3 Å². The Morgan fingerprint density at radius 1 is 1.22 bits per heavy atom. The summed E-state index contributed by atoms with van der Waals surface area (Å²) in [6, 6.07) is 0.902. The maximum absolute atomic E-state index is 12.6. The molecular weight excluding hydrogens is 252 g/mol. The number of fused-ring (bicyclic) bond motifs is 2. The number of carbonyl (C=O) groups excluding carboxylic acids is 1. The second kappa shape index (κ2) is 5.76. The largest absolute Gasteiger partial charge is 0.375 e. The molecular formula is C13H23ClN2O2. The van der Waals surface area contributed by atoms with Crippen LogP contribution in [0.2, 0.25) is 0 Å². The van der Waals surface area contributed by atoms with Gasteiger partial charge in [-0.05, 0) is 39.0 Å². The Labute approximate surface area is 115 Å². The molecule has 4 atom stereocenters. The topological polar surface area (TPSA) is 41.6 Å². The summed E-state index contributed by atoms with van der Waals surface area (Å²) in [5.74, 6) is 0.282. The summed E-state index contributed by atoms with van der Waals surface area (Å²) in [6.45, 7) is 3.52. The van der Waals surface area contributed by atoms with Gasteiger partial charge in [0.05, 0.1) is 12.7 Å². The van der Waals surface area contributed by atoms with E-state index in [-0.39, 0.29) is 30.5 Å². The van der Waals surface area contributed by atoms with E-state index in [0.29, 0.717) is 12.1 Å². The number of hydrogen-bond donors (Lipinski definition) is 1. The minimum Gasteiger partial charge on any atom is -0.375 e. The number of nitrogens with one attached hydrogen (secondary N) is 1. The van der Waals surface area contributed by atoms with Crippen molar-refractivity contribution in [1.29, 1.82) is 0 Å². The first kappa shape index (κ1) is 14.1. The Morgan fingerprint density at radius 2 is 1.89 bits per heavy atom. The fourth-order valence-corrected chi connectivity index (χ4v) is 3.65. The number of morpholine rings is 1. The molecule has 2 unspecified atom stereocenters. The SMILES string of the molecule is C[C@H]1OCCN[C@@H]1C(=O)N1C2CCCC1CC2.Cl. The van der Waals surface area contributed by atoms with Gasteiger partial charge in [0.25, 0.3) is 0 Å². The maximum Gasteiger partial charge on any atom is 0.242 e. The molecule has 0 aromatic rings. The zero-order valence-electron chi connectivity index (χ0n) is 10.9. The molecule has 4 nitrogen and oxygen atoms in total. The highest BCUT2D eigenvalue weighted by molar-refractivity contribution is 5.85. The van der Waals surface area contributed by atoms with Crippen molar-refractivity contribution in [3.05, 3.63) is 0 Å². The molecule has 5 heteroatoms. The van der Waals surface area contributed by atoms with Crippen LogP contribution < -0.4 is 5.32 Å². The average molecular weight is 275 g/mol. The molecule has 18 heavy (non-hydrogen) atoms. The van der Waals surface area contributed by atoms with Crippen molar-refractivity contribution in [3.63, 3.8) is 0 Å². The highest BCUT2D eigenvalue weighted by Crippen LogP contribution is 2.36. The number of halogens is 1. The standard InChI is InChI=1S/C13H22N2O2.ClH/c1-9-12(14-7-8-17-9)13(16)15-10-3-2-4-11(15)6-5-10;/h9-12,14H,2-8H2,1H3;1H/t9-,10?,11?,12+;/m1./s1. The Balaban J connectivity index is 0.00000120. The van der Waals surface area contributed by atoms with Gasteiger partial charge in [0, 0.05) is 18.6 Å². The van der Waals surface area contributed by atoms with E-state index in [9.17, 15) is 4.79 Å². The summed E-state index contributed by atoms with van der Waals surface area (Å²) in [6.07, 6.45) is 6.12. The number of hydrogen-bond acceptors (Lipinski definition) is 3. The molecule has 0 aromatic heterocycles. The minimum absolute atomic E-state index is 0. The third-order valence-electron chi connectivity index (χ3n) is 4.53. The van der Waals surface area contributed by atoms with E-state index in [2.05, 4.69) is 10.2 Å². The Morgan fingerprint density at radius 3 is 2.50 bits per heavy atom. The van der Waals surface area contributed by atoms with E-state index in [1.165, 1.54) is 32.1 Å². The summed E-state index contributed by atoms with van der Waals surface area (Å²) in [4.78, 5) is 14.8. The van der Waals surface area contributed by atoms with E-state index in [1.807, 2.05) is 6.92 Å². The molecule has 3 fully saturated rings. The third kappa shape index (κ3) is 2.38. The second-order valence-electron chi connectivity index (χ2n) is 5.57. The lowest BCUT2D eigenvalue weighted by Crippen LogP contribution is -2.59. The minimum atomic E-state index is -0.120. The molecule has 0 saturated carbocycles. The second-order valence-corrected chi connectivity index (χ2v) is 5.57. The van der Waals surface area contributed by atoms with Gasteiger partial charge >= 0.3 is 0 Å². The Bertz CT molecular complexity index is 297. The molecule has 3 heterocycles. The van der Waals surface area contributed by atoms with E-state index >= 15 is 0 Å². The monoisotopic (exact) mass is 274 g/mol. The molecule has 3 rings (SSSR count). The first-order valence-corrected chi connectivity index (χ1v) is 6.94. The number of nitrogens with zero attached hydrogens (tertiary/aromatic N) is 1. The van der Waals surface area contributed by atoms with Crippen molar-refractivity contribution in [1.82, 2.24) is 10.2 Å². The molecule has 1 amide bonds. The zero-order chi connectivity index (χ0) is 11.8. The zero-order valence-corrected chi connectivity index (χ0v) is 11.7. The van der Waals surface area contributed by atoms with Crippen molar-refractivity contribution in [2.24, 2.45) is 0 Å². The van der Waals surface area contributed by atoms with Gasteiger partial charge < -0.3 is 15.0 Å². The highest BCUT2D eigenvalue weighted by Gasteiger charge is 2.43. The van der Waals surface area contributed by atoms with Crippen LogP contribution in [-0.2, 0) is 9.53 Å². The van der Waals surface area contributed by atoms with Crippen molar-refractivity contribution >= 4 is 18.3 Å². The van der Waals surface area contributed by atoms with E-state index < -0.39 is 0 Å². The van der Waals surface area contributed by atoms with Gasteiger partial charge in [-0.15, -0.1) is 12.4 Å². The Hall–Kier alpha value is -0.320. The smallest absolute Gasteiger partial charge is 0.242 e. The normalized spacial score (nSPS) is 39.3. The summed E-state index contributed by atoms with van der Waals surface area (Å²) < 4.78 is 5.58. The van der Waals surface area contributed by atoms with Gasteiger partial charge in [-0.2, -0.15) is 0 Å². The molecule has 3 aliphatic heterocycles. The van der Waals surface area contributed by atoms with Crippen molar-refractivity contribution in [3.8, 4) is 0 Å². The summed E-state index contributed by atoms with van der Waals surface area (Å²) in [7, 11) is 0. The average Bonchev–Trinajstić information content (AvgIpc) is 2.59. The van der Waals surface area contributed by atoms with Crippen LogP contribution in [0, 0.1) is 0 Å². The predicted molar refractivity (Wildman–Crippen MR) is 72.0 cm³/mol. The van der Waals surface area contributed by atoms with Crippen LogP contribution in [0.15, 0.2) is 0 Å². The molecule has 3 aliphatic rings. The van der Waals surface area contributed by atoms with Crippen LogP contribution in [0.1, 0.15) is 39.0 Å². The van der Waals surface area contributed by atoms with Gasteiger partial charge in [-0.1, -0.05) is 0 Å². The van der Waals surface area contributed by atoms with Gasteiger partial charge in [-0.25, -0.2) is 0 Å². The number of rotatable bonds is 1. The van der Waals surface area contributed by atoms with Crippen molar-refractivity contribution in [2.75, 3.05) is 13.2 Å². The van der Waals surface area contributed by atoms with Crippen LogP contribution in [0.4, 0.5) is 0 Å². The summed E-state index contributed by atoms with van der Waals surface area (Å²) >= 11 is 0. The molecule has 1 N–H and O–H groups in total. The fourth-order valence-electron chi connectivity index (χ4n) is 3.65. The van der Waals surface area contributed by atoms with Crippen LogP contribution in [-0.4, -0.2) is 48.2 Å². The number of piperidine rings is 1. The lowest BCUT2D eigenvalue weighted by molar-refractivity contribution is -0.143. The number of amides is 1. The van der Waals surface area contributed by atoms with Crippen LogP contribution in [0.5, 0.6) is 0 Å². The molecule has 0 aromatic carbocycles. The van der Waals surface area contributed by atoms with Crippen LogP contribution >= 0.6 is 12.4 Å². The molecule has 0 radical (unpaired) electrons. The number of ether oxygens (including phenoxy) is 1. The van der Waals surface area contributed by atoms with Gasteiger partial charge in [0.1, 0.15) is 6.04 Å². The lowest BCUT2D eigenvalue weighted by atomic mass is 10.00. The third-order valence-corrected chi connectivity index (χ3v) is 4.53. The maximum atomic E-state index is 12.6. The van der Waals surface area contributed by atoms with Crippen LogP contribution in [0.25, 0.3) is 0 Å². The van der Waals surface area contributed by atoms with Crippen LogP contribution in [0.3, 0.4) is 0 Å². The van der Waals surface area contributed by atoms with Crippen molar-refractivity contribution < 1.29 is 9.53 Å². The van der Waals surface area contributed by atoms with Gasteiger partial charge in [0.15, 0.2) is 0 Å². The molecule has 0 spiro atoms. The molecule has 104 valence electrons. The van der Waals surface area contributed by atoms with E-state index in [4.69, 9.17) is 4.74 Å². The van der Waals surface area contributed by atoms with Gasteiger partial charge in [-0.3, -0.25) is 4.79 Å². The predicted octanol–water partition coefficient (Wildman–Crippen LogP) is 1.33. The summed E-state index contributed by atoms with van der Waals surface area (Å²) in [5, 5.41) is 3.32. The summed E-state index contributed by atoms with van der Waals surface area (Å²) in [5.41, 5.74) is 0. The first-order valence-electron chi connectivity index (χ1n) is 6.94. The van der Waals surface area contributed by atoms with E-state index in [1.54, 1.807) is 0 Å². The number of carbonyl (C=O) groups is 1. The first-order chi connectivity index (χ1) is 8.27. The molecule has 2 bridgehead atoms. The molecule has 0 aliphatic carbocycles. The molecule has 3 saturated heterocycles. The quantitative estimate of drug-likeness (QED) is 0.784.